The van der Waals surface area contributed by atoms with Gasteiger partial charge in [-0.15, -0.1) is 0 Å². The molecule has 0 spiro atoms. The lowest BCUT2D eigenvalue weighted by Crippen LogP contribution is -2.10. The minimum atomic E-state index is 0.466. The van der Waals surface area contributed by atoms with Crippen molar-refractivity contribution >= 4 is 87.2 Å². The zero-order valence-electron chi connectivity index (χ0n) is 37.2. The Morgan fingerprint density at radius 2 is 0.662 bits per heavy atom. The van der Waals surface area contributed by atoms with Crippen molar-refractivity contribution in [2.45, 2.75) is 13.8 Å². The van der Waals surface area contributed by atoms with E-state index in [9.17, 15) is 5.26 Å². The van der Waals surface area contributed by atoms with Crippen LogP contribution >= 0.6 is 0 Å². The van der Waals surface area contributed by atoms with Gasteiger partial charge in [0.1, 0.15) is 0 Å². The molecule has 0 aliphatic carbocycles. The van der Waals surface area contributed by atoms with Gasteiger partial charge in [-0.05, 0) is 84.9 Å². The Bertz CT molecular complexity index is 4030. The van der Waals surface area contributed by atoms with E-state index in [2.05, 4.69) is 206 Å². The number of para-hydroxylation sites is 6. The first kappa shape index (κ1) is 39.1. The quantitative estimate of drug-likeness (QED) is 0.172. The lowest BCUT2D eigenvalue weighted by atomic mass is 10.1. The van der Waals surface area contributed by atoms with E-state index in [4.69, 9.17) is 15.0 Å². The molecule has 14 aromatic rings. The smallest absolute Gasteiger partial charge is 0.240 e. The first-order valence-corrected chi connectivity index (χ1v) is 23.0. The normalized spacial score (nSPS) is 11.7. The maximum atomic E-state index is 9.99. The molecule has 0 unspecified atom stereocenters. The van der Waals surface area contributed by atoms with E-state index in [-0.39, 0.29) is 0 Å². The predicted octanol–water partition coefficient (Wildman–Crippen LogP) is 14.8. The minimum absolute atomic E-state index is 0.466. The maximum Gasteiger partial charge on any atom is 0.240 e. The number of fused-ring (bicyclic) bond motifs is 12. The third-order valence-corrected chi connectivity index (χ3v) is 13.3. The van der Waals surface area contributed by atoms with Crippen LogP contribution in [0.25, 0.3) is 122 Å². The summed E-state index contributed by atoms with van der Waals surface area (Å²) in [7, 11) is 0. The number of hydrogen-bond acceptors (Lipinski definition) is 4. The van der Waals surface area contributed by atoms with Gasteiger partial charge in [-0.1, -0.05) is 135 Å². The van der Waals surface area contributed by atoms with Gasteiger partial charge in [-0.3, -0.25) is 9.13 Å². The molecular weight excluding hydrogens is 833 g/mol. The van der Waals surface area contributed by atoms with Crippen molar-refractivity contribution in [3.05, 3.63) is 212 Å². The molecule has 0 bridgehead atoms. The second-order valence-electron chi connectivity index (χ2n) is 16.8. The molecule has 0 aliphatic heterocycles. The van der Waals surface area contributed by atoms with Crippen molar-refractivity contribution in [1.29, 1.82) is 5.26 Å². The molecule has 14 rings (SSSR count). The van der Waals surface area contributed by atoms with Crippen molar-refractivity contribution in [2.24, 2.45) is 0 Å². The second-order valence-corrected chi connectivity index (χ2v) is 16.8. The van der Waals surface area contributed by atoms with E-state index in [0.29, 0.717) is 23.3 Å². The van der Waals surface area contributed by atoms with E-state index in [0.717, 1.165) is 82.6 Å². The average molecular weight is 873 g/mol. The number of benzene rings is 9. The molecule has 0 atom stereocenters. The van der Waals surface area contributed by atoms with Gasteiger partial charge in [-0.25, -0.2) is 0 Å². The summed E-state index contributed by atoms with van der Waals surface area (Å²) in [5.41, 5.74) is 11.9. The summed E-state index contributed by atoms with van der Waals surface area (Å²) in [5.74, 6) is 1.41. The summed E-state index contributed by atoms with van der Waals surface area (Å²) in [6.07, 6.45) is 0. The van der Waals surface area contributed by atoms with Crippen LogP contribution in [0.4, 0.5) is 0 Å². The van der Waals surface area contributed by atoms with E-state index in [1.807, 2.05) is 32.0 Å². The largest absolute Gasteiger partial charge is 0.309 e. The summed E-state index contributed by atoms with van der Waals surface area (Å²) >= 11 is 0. The molecule has 8 heteroatoms. The highest BCUT2D eigenvalue weighted by Gasteiger charge is 2.23. The lowest BCUT2D eigenvalue weighted by Gasteiger charge is -2.13. The molecule has 0 amide bonds. The molecule has 0 saturated heterocycles. The summed E-state index contributed by atoms with van der Waals surface area (Å²) in [6.45, 7) is 4.00. The number of nitriles is 1. The van der Waals surface area contributed by atoms with Crippen LogP contribution in [-0.2, 0) is 0 Å². The van der Waals surface area contributed by atoms with E-state index >= 15 is 0 Å². The number of nitrogens with zero attached hydrogens (tertiary/aromatic N) is 8. The van der Waals surface area contributed by atoms with Gasteiger partial charge < -0.3 is 9.13 Å². The molecule has 0 radical (unpaired) electrons. The Labute approximate surface area is 390 Å². The van der Waals surface area contributed by atoms with Crippen LogP contribution in [0.2, 0.25) is 0 Å². The van der Waals surface area contributed by atoms with Gasteiger partial charge in [0, 0.05) is 60.0 Å². The molecule has 5 heterocycles. The Kier molecular flexibility index (Phi) is 8.85. The van der Waals surface area contributed by atoms with Crippen LogP contribution in [0.3, 0.4) is 0 Å². The highest BCUT2D eigenvalue weighted by Crippen LogP contribution is 2.39. The Hall–Kier alpha value is -9.32. The summed E-state index contributed by atoms with van der Waals surface area (Å²) in [5, 5.41) is 19.2. The van der Waals surface area contributed by atoms with Crippen LogP contribution < -0.4 is 0 Å². The monoisotopic (exact) mass is 872 g/mol. The van der Waals surface area contributed by atoms with Crippen molar-refractivity contribution in [2.75, 3.05) is 0 Å². The zero-order chi connectivity index (χ0) is 45.5. The van der Waals surface area contributed by atoms with Crippen molar-refractivity contribution < 1.29 is 0 Å². The van der Waals surface area contributed by atoms with Gasteiger partial charge in [0.2, 0.25) is 11.9 Å². The van der Waals surface area contributed by atoms with E-state index in [1.54, 1.807) is 6.07 Å². The molecular formula is C60H40N8. The van der Waals surface area contributed by atoms with Crippen molar-refractivity contribution in [3.8, 4) is 40.7 Å². The molecule has 0 N–H and O–H groups in total. The van der Waals surface area contributed by atoms with Crippen molar-refractivity contribution in [3.63, 3.8) is 0 Å². The van der Waals surface area contributed by atoms with E-state index in [1.165, 1.54) is 21.5 Å². The molecule has 0 fully saturated rings. The van der Waals surface area contributed by atoms with Gasteiger partial charge in [0.25, 0.3) is 0 Å². The average Bonchev–Trinajstić information content (AvgIpc) is 4.14. The third kappa shape index (κ3) is 5.76. The molecule has 68 heavy (non-hydrogen) atoms. The van der Waals surface area contributed by atoms with Gasteiger partial charge in [0.15, 0.2) is 5.82 Å². The topological polar surface area (TPSA) is 82.2 Å². The Morgan fingerprint density at radius 3 is 1.04 bits per heavy atom. The molecule has 5 aromatic heterocycles. The lowest BCUT2D eigenvalue weighted by molar-refractivity contribution is 0.892. The summed E-state index contributed by atoms with van der Waals surface area (Å²) in [4.78, 5) is 15.9. The number of aromatic nitrogens is 7. The van der Waals surface area contributed by atoms with Crippen LogP contribution in [0.1, 0.15) is 19.4 Å². The summed E-state index contributed by atoms with van der Waals surface area (Å²) < 4.78 is 9.01. The standard InChI is InChI=1S/C58H34N8.C2H6/c59-35-36-14-13-15-37(32-36)56-60-57(65-52-26-11-5-20-44(52)46-33-38(28-30-54(46)65)63-48-22-7-1-16-40(48)41-17-2-8-23-49(41)63)62-58(61-56)66-53-27-12-6-21-45(53)47-34-39(29-31-55(47)66)64-50-24-9-3-18-42(50)43-19-4-10-25-51(43)64;1-2/h1-34H;1-2H3. The van der Waals surface area contributed by atoms with Crippen molar-refractivity contribution in [1.82, 2.24) is 33.2 Å². The first-order valence-electron chi connectivity index (χ1n) is 23.0. The second kappa shape index (κ2) is 15.4. The molecule has 0 aliphatic rings. The zero-order valence-corrected chi connectivity index (χ0v) is 37.2. The fraction of sp³-hybridized carbons (Fsp3) is 0.0333. The SMILES string of the molecule is CC.N#Cc1cccc(-c2nc(-n3c4ccccc4c4cc(-n5c6ccccc6c6ccccc65)ccc43)nc(-n3c4ccccc4c4cc(-n5c6ccccc6c6ccccc65)ccc43)n2)c1. The Balaban J connectivity index is 0.00000226. The fourth-order valence-corrected chi connectivity index (χ4v) is 10.4. The number of rotatable bonds is 5. The molecule has 320 valence electrons. The number of hydrogen-bond donors (Lipinski definition) is 0. The van der Waals surface area contributed by atoms with Crippen LogP contribution in [0, 0.1) is 11.3 Å². The Morgan fingerprint density at radius 1 is 0.324 bits per heavy atom. The highest BCUT2D eigenvalue weighted by atomic mass is 15.3. The fourth-order valence-electron chi connectivity index (χ4n) is 10.4. The van der Waals surface area contributed by atoms with Gasteiger partial charge in [0.05, 0.1) is 55.8 Å². The van der Waals surface area contributed by atoms with Crippen LogP contribution in [0.5, 0.6) is 0 Å². The molecule has 8 nitrogen and oxygen atoms in total. The first-order chi connectivity index (χ1) is 33.7. The highest BCUT2D eigenvalue weighted by molar-refractivity contribution is 6.14. The molecule has 9 aromatic carbocycles. The molecule has 0 saturated carbocycles. The van der Waals surface area contributed by atoms with Gasteiger partial charge >= 0.3 is 0 Å². The van der Waals surface area contributed by atoms with Crippen LogP contribution in [-0.4, -0.2) is 33.2 Å². The van der Waals surface area contributed by atoms with Gasteiger partial charge in [-0.2, -0.15) is 20.2 Å². The third-order valence-electron chi connectivity index (χ3n) is 13.3. The minimum Gasteiger partial charge on any atom is -0.309 e. The van der Waals surface area contributed by atoms with Crippen LogP contribution in [0.15, 0.2) is 206 Å². The maximum absolute atomic E-state index is 9.99. The van der Waals surface area contributed by atoms with E-state index < -0.39 is 0 Å². The summed E-state index contributed by atoms with van der Waals surface area (Å²) in [6, 6.07) is 74.4. The predicted molar refractivity (Wildman–Crippen MR) is 279 cm³/mol.